The van der Waals surface area contributed by atoms with Gasteiger partial charge in [0.05, 0.1) is 31.4 Å². The molecule has 0 aliphatic heterocycles. The molecule has 1 heterocycles. The number of ether oxygens (including phenoxy) is 2. The van der Waals surface area contributed by atoms with Crippen LogP contribution < -0.4 is 15.2 Å². The first-order valence-corrected chi connectivity index (χ1v) is 9.19. The number of nitrogens with two attached hydrogens (primary N) is 1. The van der Waals surface area contributed by atoms with Gasteiger partial charge in [-0.1, -0.05) is 18.2 Å². The molecule has 148 valence electrons. The lowest BCUT2D eigenvalue weighted by Crippen LogP contribution is -2.13. The van der Waals surface area contributed by atoms with Crippen molar-refractivity contribution in [2.24, 2.45) is 5.73 Å². The van der Waals surface area contributed by atoms with Crippen molar-refractivity contribution in [1.29, 1.82) is 5.26 Å². The molecule has 6 nitrogen and oxygen atoms in total. The minimum Gasteiger partial charge on any atom is -0.493 e. The molecule has 2 aromatic carbocycles. The van der Waals surface area contributed by atoms with Crippen molar-refractivity contribution in [3.63, 3.8) is 0 Å². The van der Waals surface area contributed by atoms with E-state index in [1.54, 1.807) is 26.4 Å². The van der Waals surface area contributed by atoms with Crippen molar-refractivity contribution in [2.75, 3.05) is 14.2 Å². The lowest BCUT2D eigenvalue weighted by atomic mass is 10.1. The predicted octanol–water partition coefficient (Wildman–Crippen LogP) is 3.69. The second-order valence-corrected chi connectivity index (χ2v) is 6.68. The van der Waals surface area contributed by atoms with Gasteiger partial charge in [0, 0.05) is 17.9 Å². The van der Waals surface area contributed by atoms with Crippen LogP contribution in [0.3, 0.4) is 0 Å². The first-order chi connectivity index (χ1) is 14.0. The largest absolute Gasteiger partial charge is 0.493 e. The van der Waals surface area contributed by atoms with E-state index in [4.69, 9.17) is 15.2 Å². The summed E-state index contributed by atoms with van der Waals surface area (Å²) in [7, 11) is 3.21. The summed E-state index contributed by atoms with van der Waals surface area (Å²) in [4.78, 5) is 11.9. The number of aromatic nitrogens is 1. The number of benzene rings is 2. The van der Waals surface area contributed by atoms with E-state index in [0.29, 0.717) is 29.2 Å². The Morgan fingerprint density at radius 1 is 1.10 bits per heavy atom. The number of carbonyl (C=O) groups is 1. The zero-order chi connectivity index (χ0) is 21.0. The first kappa shape index (κ1) is 20.0. The van der Waals surface area contributed by atoms with Gasteiger partial charge in [-0.25, -0.2) is 0 Å². The van der Waals surface area contributed by atoms with E-state index in [0.717, 1.165) is 28.9 Å². The number of rotatable bonds is 7. The summed E-state index contributed by atoms with van der Waals surface area (Å²) in [6, 6.07) is 17.1. The Morgan fingerprint density at radius 3 is 2.52 bits per heavy atom. The van der Waals surface area contributed by atoms with E-state index in [-0.39, 0.29) is 0 Å². The average molecular weight is 389 g/mol. The van der Waals surface area contributed by atoms with Crippen LogP contribution in [0.15, 0.2) is 48.5 Å². The molecule has 6 heteroatoms. The van der Waals surface area contributed by atoms with E-state index in [2.05, 4.69) is 10.6 Å². The second kappa shape index (κ2) is 8.53. The van der Waals surface area contributed by atoms with Crippen LogP contribution in [0, 0.1) is 18.3 Å². The van der Waals surface area contributed by atoms with E-state index < -0.39 is 5.91 Å². The number of primary amides is 1. The second-order valence-electron chi connectivity index (χ2n) is 6.68. The van der Waals surface area contributed by atoms with E-state index >= 15 is 0 Å². The van der Waals surface area contributed by atoms with Crippen LogP contribution in [0.5, 0.6) is 11.5 Å². The highest BCUT2D eigenvalue weighted by atomic mass is 16.5. The van der Waals surface area contributed by atoms with Crippen molar-refractivity contribution in [1.82, 2.24) is 4.57 Å². The molecule has 0 fully saturated rings. The number of carbonyl (C=O) groups excluding carboxylic acids is 1. The maximum atomic E-state index is 11.9. The van der Waals surface area contributed by atoms with Crippen LogP contribution in [-0.2, 0) is 13.0 Å². The third-order valence-corrected chi connectivity index (χ3v) is 4.99. The Labute approximate surface area is 170 Å². The van der Waals surface area contributed by atoms with Crippen LogP contribution in [-0.4, -0.2) is 24.7 Å². The highest BCUT2D eigenvalue weighted by molar-refractivity contribution is 5.95. The van der Waals surface area contributed by atoms with Gasteiger partial charge in [0.25, 0.3) is 5.91 Å². The van der Waals surface area contributed by atoms with Gasteiger partial charge in [-0.3, -0.25) is 4.79 Å². The van der Waals surface area contributed by atoms with Gasteiger partial charge in [0.15, 0.2) is 11.5 Å². The van der Waals surface area contributed by atoms with Crippen molar-refractivity contribution in [3.05, 3.63) is 70.9 Å². The third-order valence-electron chi connectivity index (χ3n) is 4.99. The zero-order valence-corrected chi connectivity index (χ0v) is 16.7. The summed E-state index contributed by atoms with van der Waals surface area (Å²) in [5, 5.41) is 9.22. The Hall–Kier alpha value is -3.72. The molecule has 2 N–H and O–H groups in total. The molecule has 3 aromatic rings. The smallest absolute Gasteiger partial charge is 0.250 e. The fourth-order valence-electron chi connectivity index (χ4n) is 3.45. The standard InChI is InChI=1S/C23H23N3O3/c1-15-19(23(25)27)13-20(18-6-4-5-17(11-18)14-24)26(15)10-9-16-7-8-21(28-2)22(12-16)29-3/h4-8,11-13H,9-10H2,1-3H3,(H2,25,27). The molecule has 0 radical (unpaired) electrons. The molecular weight excluding hydrogens is 366 g/mol. The minimum absolute atomic E-state index is 0.468. The molecular formula is C23H23N3O3. The summed E-state index contributed by atoms with van der Waals surface area (Å²) >= 11 is 0. The third kappa shape index (κ3) is 4.09. The fraction of sp³-hybridized carbons (Fsp3) is 0.217. The molecule has 29 heavy (non-hydrogen) atoms. The Morgan fingerprint density at radius 2 is 1.86 bits per heavy atom. The Bertz CT molecular complexity index is 1090. The van der Waals surface area contributed by atoms with Crippen LogP contribution >= 0.6 is 0 Å². The molecule has 1 amide bonds. The van der Waals surface area contributed by atoms with Gasteiger partial charge in [-0.2, -0.15) is 5.26 Å². The van der Waals surface area contributed by atoms with Crippen molar-refractivity contribution < 1.29 is 14.3 Å². The SMILES string of the molecule is COc1ccc(CCn2c(-c3cccc(C#N)c3)cc(C(N)=O)c2C)cc1OC. The quantitative estimate of drug-likeness (QED) is 0.667. The summed E-state index contributed by atoms with van der Waals surface area (Å²) in [5.74, 6) is 0.887. The summed E-state index contributed by atoms with van der Waals surface area (Å²) < 4.78 is 12.7. The van der Waals surface area contributed by atoms with Crippen molar-refractivity contribution in [2.45, 2.75) is 19.9 Å². The number of aryl methyl sites for hydroxylation is 1. The molecule has 1 aromatic heterocycles. The molecule has 0 unspecified atom stereocenters. The van der Waals surface area contributed by atoms with Crippen LogP contribution in [0.1, 0.15) is 27.2 Å². The van der Waals surface area contributed by atoms with Crippen molar-refractivity contribution in [3.8, 4) is 28.8 Å². The van der Waals surface area contributed by atoms with Crippen LogP contribution in [0.4, 0.5) is 0 Å². The van der Waals surface area contributed by atoms with Gasteiger partial charge < -0.3 is 19.8 Å². The number of amides is 1. The van der Waals surface area contributed by atoms with E-state index in [9.17, 15) is 10.1 Å². The highest BCUT2D eigenvalue weighted by Crippen LogP contribution is 2.30. The van der Waals surface area contributed by atoms with Crippen LogP contribution in [0.2, 0.25) is 0 Å². The van der Waals surface area contributed by atoms with Gasteiger partial charge in [0.2, 0.25) is 0 Å². The Kier molecular flexibility index (Phi) is 5.89. The maximum absolute atomic E-state index is 11.9. The molecule has 0 bridgehead atoms. The fourth-order valence-corrected chi connectivity index (χ4v) is 3.45. The summed E-state index contributed by atoms with van der Waals surface area (Å²) in [6.07, 6.45) is 0.721. The zero-order valence-electron chi connectivity index (χ0n) is 16.7. The maximum Gasteiger partial charge on any atom is 0.250 e. The van der Waals surface area contributed by atoms with E-state index in [1.165, 1.54) is 0 Å². The summed E-state index contributed by atoms with van der Waals surface area (Å²) in [6.45, 7) is 2.52. The molecule has 0 aliphatic rings. The molecule has 0 saturated carbocycles. The molecule has 0 spiro atoms. The number of nitriles is 1. The number of nitrogens with zero attached hydrogens (tertiary/aromatic N) is 2. The monoisotopic (exact) mass is 389 g/mol. The number of methoxy groups -OCH3 is 2. The number of hydrogen-bond acceptors (Lipinski definition) is 4. The molecule has 0 atom stereocenters. The average Bonchev–Trinajstić information content (AvgIpc) is 3.08. The van der Waals surface area contributed by atoms with Crippen LogP contribution in [0.25, 0.3) is 11.3 Å². The van der Waals surface area contributed by atoms with Crippen molar-refractivity contribution >= 4 is 5.91 Å². The molecule has 3 rings (SSSR count). The summed E-state index contributed by atoms with van der Waals surface area (Å²) in [5.41, 5.74) is 10.2. The highest BCUT2D eigenvalue weighted by Gasteiger charge is 2.17. The normalized spacial score (nSPS) is 10.4. The molecule has 0 saturated heterocycles. The number of hydrogen-bond donors (Lipinski definition) is 1. The van der Waals surface area contributed by atoms with Gasteiger partial charge in [-0.05, 0) is 54.8 Å². The topological polar surface area (TPSA) is 90.3 Å². The van der Waals surface area contributed by atoms with Gasteiger partial charge >= 0.3 is 0 Å². The lowest BCUT2D eigenvalue weighted by Gasteiger charge is -2.14. The van der Waals surface area contributed by atoms with E-state index in [1.807, 2.05) is 43.3 Å². The van der Waals surface area contributed by atoms with Gasteiger partial charge in [-0.15, -0.1) is 0 Å². The first-order valence-electron chi connectivity index (χ1n) is 9.19. The predicted molar refractivity (Wildman–Crippen MR) is 111 cm³/mol. The van der Waals surface area contributed by atoms with Gasteiger partial charge in [0.1, 0.15) is 0 Å². The minimum atomic E-state index is -0.468. The Balaban J connectivity index is 1.98. The molecule has 0 aliphatic carbocycles. The lowest BCUT2D eigenvalue weighted by molar-refractivity contribution is 0.0999.